The van der Waals surface area contributed by atoms with Gasteiger partial charge in [-0.25, -0.2) is 0 Å². The number of nitrogens with zero attached hydrogens (tertiary/aromatic N) is 1. The second-order valence-electron chi connectivity index (χ2n) is 7.18. The lowest BCUT2D eigenvalue weighted by Gasteiger charge is -2.36. The Hall–Kier alpha value is -2.54. The quantitative estimate of drug-likeness (QED) is 0.674. The largest absolute Gasteiger partial charge is 0.361 e. The summed E-state index contributed by atoms with van der Waals surface area (Å²) in [7, 11) is 0. The molecule has 2 aromatic rings. The first-order valence-corrected chi connectivity index (χ1v) is 9.89. The van der Waals surface area contributed by atoms with Gasteiger partial charge in [-0.05, 0) is 36.5 Å². The summed E-state index contributed by atoms with van der Waals surface area (Å²) in [5.74, 6) is -0.326. The molecule has 0 aromatic heterocycles. The van der Waals surface area contributed by atoms with Gasteiger partial charge in [-0.2, -0.15) is 5.26 Å². The Labute approximate surface area is 174 Å². The van der Waals surface area contributed by atoms with E-state index in [1.165, 1.54) is 0 Å². The zero-order chi connectivity index (χ0) is 19.8. The smallest absolute Gasteiger partial charge is 0.162 e. The van der Waals surface area contributed by atoms with E-state index in [1.807, 2.05) is 31.2 Å². The molecule has 5 heteroatoms. The number of hydrogen-bond donors (Lipinski definition) is 1. The first-order valence-electron chi connectivity index (χ1n) is 9.14. The normalized spacial score (nSPS) is 21.9. The van der Waals surface area contributed by atoms with E-state index in [4.69, 9.17) is 23.2 Å². The maximum Gasteiger partial charge on any atom is 0.162 e. The molecule has 0 fully saturated rings. The fourth-order valence-electron chi connectivity index (χ4n) is 4.20. The molecule has 2 aromatic carbocycles. The molecule has 28 heavy (non-hydrogen) atoms. The van der Waals surface area contributed by atoms with Crippen molar-refractivity contribution in [1.29, 1.82) is 5.26 Å². The number of ketones is 1. The summed E-state index contributed by atoms with van der Waals surface area (Å²) >= 11 is 12.7. The van der Waals surface area contributed by atoms with Crippen LogP contribution >= 0.6 is 23.2 Å². The Morgan fingerprint density at radius 1 is 1.07 bits per heavy atom. The van der Waals surface area contributed by atoms with Crippen LogP contribution in [0.1, 0.15) is 42.7 Å². The number of halogens is 2. The number of carbonyl (C=O) groups is 1. The van der Waals surface area contributed by atoms with Crippen molar-refractivity contribution in [2.45, 2.75) is 31.6 Å². The molecule has 3 nitrogen and oxygen atoms in total. The molecule has 1 N–H and O–H groups in total. The van der Waals surface area contributed by atoms with Crippen LogP contribution < -0.4 is 5.32 Å². The molecule has 1 heterocycles. The van der Waals surface area contributed by atoms with Crippen molar-refractivity contribution in [3.05, 3.63) is 92.2 Å². The van der Waals surface area contributed by atoms with Crippen LogP contribution in [0.4, 0.5) is 0 Å². The fourth-order valence-corrected chi connectivity index (χ4v) is 4.62. The number of nitriles is 1. The van der Waals surface area contributed by atoms with Crippen molar-refractivity contribution in [3.63, 3.8) is 0 Å². The van der Waals surface area contributed by atoms with Crippen molar-refractivity contribution in [1.82, 2.24) is 5.32 Å². The standard InChI is InChI=1S/C23H18Cl2N2O/c1-13-17(12-26)21(16-8-5-9-18(24)23(16)25)22-19(27-13)10-15(11-20(22)28)14-6-3-2-4-7-14/h2-9,15,21,27H,10-11H2,1H3/t15-,21-/m0/s1. The second kappa shape index (κ2) is 7.47. The minimum absolute atomic E-state index is 0.0453. The molecule has 0 unspecified atom stereocenters. The summed E-state index contributed by atoms with van der Waals surface area (Å²) in [6, 6.07) is 17.7. The molecule has 2 aliphatic rings. The van der Waals surface area contributed by atoms with E-state index in [0.717, 1.165) is 23.4 Å². The summed E-state index contributed by atoms with van der Waals surface area (Å²) in [6.07, 6.45) is 1.13. The number of Topliss-reactive ketones (excluding diaryl/α,β-unsaturated/α-hetero) is 1. The van der Waals surface area contributed by atoms with E-state index in [2.05, 4.69) is 23.5 Å². The van der Waals surface area contributed by atoms with Gasteiger partial charge in [0.25, 0.3) is 0 Å². The van der Waals surface area contributed by atoms with E-state index < -0.39 is 5.92 Å². The van der Waals surface area contributed by atoms with Crippen LogP contribution in [-0.4, -0.2) is 5.78 Å². The van der Waals surface area contributed by atoms with Gasteiger partial charge in [0.1, 0.15) is 0 Å². The molecule has 140 valence electrons. The highest BCUT2D eigenvalue weighted by Crippen LogP contribution is 2.47. The van der Waals surface area contributed by atoms with Gasteiger partial charge in [0.2, 0.25) is 0 Å². The van der Waals surface area contributed by atoms with Crippen LogP contribution in [0, 0.1) is 11.3 Å². The first-order chi connectivity index (χ1) is 13.5. The van der Waals surface area contributed by atoms with Gasteiger partial charge in [0.05, 0.1) is 27.6 Å². The van der Waals surface area contributed by atoms with Crippen LogP contribution in [0.25, 0.3) is 0 Å². The maximum absolute atomic E-state index is 13.3. The third-order valence-electron chi connectivity index (χ3n) is 5.51. The van der Waals surface area contributed by atoms with Crippen molar-refractivity contribution in [2.75, 3.05) is 0 Å². The molecule has 0 saturated heterocycles. The lowest BCUT2D eigenvalue weighted by atomic mass is 9.72. The zero-order valence-electron chi connectivity index (χ0n) is 15.3. The van der Waals surface area contributed by atoms with Gasteiger partial charge >= 0.3 is 0 Å². The van der Waals surface area contributed by atoms with Gasteiger partial charge in [0, 0.05) is 23.4 Å². The third kappa shape index (κ3) is 3.13. The highest BCUT2D eigenvalue weighted by Gasteiger charge is 2.39. The van der Waals surface area contributed by atoms with Crippen LogP contribution in [0.5, 0.6) is 0 Å². The van der Waals surface area contributed by atoms with Gasteiger partial charge in [-0.15, -0.1) is 0 Å². The Kier molecular flexibility index (Phi) is 5.02. The number of rotatable bonds is 2. The second-order valence-corrected chi connectivity index (χ2v) is 7.97. The number of hydrogen-bond acceptors (Lipinski definition) is 3. The molecule has 0 saturated carbocycles. The van der Waals surface area contributed by atoms with E-state index >= 15 is 0 Å². The lowest BCUT2D eigenvalue weighted by molar-refractivity contribution is -0.116. The maximum atomic E-state index is 13.3. The van der Waals surface area contributed by atoms with Crippen molar-refractivity contribution in [3.8, 4) is 6.07 Å². The van der Waals surface area contributed by atoms with Gasteiger partial charge < -0.3 is 5.32 Å². The molecular formula is C23H18Cl2N2O. The molecule has 1 aliphatic heterocycles. The van der Waals surface area contributed by atoms with E-state index in [1.54, 1.807) is 12.1 Å². The average molecular weight is 409 g/mol. The zero-order valence-corrected chi connectivity index (χ0v) is 16.8. The highest BCUT2D eigenvalue weighted by molar-refractivity contribution is 6.42. The van der Waals surface area contributed by atoms with Crippen LogP contribution in [0.2, 0.25) is 10.0 Å². The lowest BCUT2D eigenvalue weighted by Crippen LogP contribution is -2.33. The number of benzene rings is 2. The highest BCUT2D eigenvalue weighted by atomic mass is 35.5. The SMILES string of the molecule is CC1=C(C#N)[C@H](c2cccc(Cl)c2Cl)C2=C(C[C@H](c3ccccc3)CC2=O)N1. The molecule has 0 bridgehead atoms. The summed E-state index contributed by atoms with van der Waals surface area (Å²) in [4.78, 5) is 13.3. The van der Waals surface area contributed by atoms with Gasteiger partial charge in [0.15, 0.2) is 5.78 Å². The molecule has 4 rings (SSSR count). The molecular weight excluding hydrogens is 391 g/mol. The number of allylic oxidation sites excluding steroid dienone is 4. The summed E-state index contributed by atoms with van der Waals surface area (Å²) in [6.45, 7) is 1.87. The fraction of sp³-hybridized carbons (Fsp3) is 0.217. The topological polar surface area (TPSA) is 52.9 Å². The summed E-state index contributed by atoms with van der Waals surface area (Å²) < 4.78 is 0. The van der Waals surface area contributed by atoms with Crippen LogP contribution in [-0.2, 0) is 4.79 Å². The predicted octanol–water partition coefficient (Wildman–Crippen LogP) is 5.88. The molecule has 0 radical (unpaired) electrons. The van der Waals surface area contributed by atoms with E-state index in [-0.39, 0.29) is 11.7 Å². The first kappa shape index (κ1) is 18.8. The Morgan fingerprint density at radius 2 is 1.82 bits per heavy atom. The van der Waals surface area contributed by atoms with E-state index in [9.17, 15) is 10.1 Å². The van der Waals surface area contributed by atoms with Crippen molar-refractivity contribution >= 4 is 29.0 Å². The summed E-state index contributed by atoms with van der Waals surface area (Å²) in [5.41, 5.74) is 4.62. The monoisotopic (exact) mass is 408 g/mol. The Morgan fingerprint density at radius 3 is 2.54 bits per heavy atom. The number of nitrogens with one attached hydrogen (secondary N) is 1. The minimum Gasteiger partial charge on any atom is -0.361 e. The average Bonchev–Trinajstić information content (AvgIpc) is 2.69. The third-order valence-corrected chi connectivity index (χ3v) is 6.35. The number of carbonyl (C=O) groups excluding carboxylic acids is 1. The van der Waals surface area contributed by atoms with Gasteiger partial charge in [-0.3, -0.25) is 4.79 Å². The van der Waals surface area contributed by atoms with Crippen molar-refractivity contribution < 1.29 is 4.79 Å². The minimum atomic E-state index is -0.489. The molecule has 0 spiro atoms. The van der Waals surface area contributed by atoms with E-state index in [0.29, 0.717) is 33.2 Å². The Balaban J connectivity index is 1.84. The molecule has 0 amide bonds. The summed E-state index contributed by atoms with van der Waals surface area (Å²) in [5, 5.41) is 13.9. The Bertz CT molecular complexity index is 1060. The molecule has 1 aliphatic carbocycles. The van der Waals surface area contributed by atoms with Crippen LogP contribution in [0.15, 0.2) is 71.1 Å². The predicted molar refractivity (Wildman–Crippen MR) is 111 cm³/mol. The van der Waals surface area contributed by atoms with Crippen LogP contribution in [0.3, 0.4) is 0 Å². The number of dihydropyridines is 1. The molecule has 2 atom stereocenters. The van der Waals surface area contributed by atoms with Gasteiger partial charge in [-0.1, -0.05) is 65.7 Å². The van der Waals surface area contributed by atoms with Crippen molar-refractivity contribution in [2.24, 2.45) is 0 Å².